The third-order valence-electron chi connectivity index (χ3n) is 5.34. The van der Waals surface area contributed by atoms with E-state index in [0.717, 1.165) is 5.75 Å². The van der Waals surface area contributed by atoms with Gasteiger partial charge in [0, 0.05) is 5.41 Å². The van der Waals surface area contributed by atoms with Crippen LogP contribution in [0.25, 0.3) is 0 Å². The Kier molecular flexibility index (Phi) is 5.94. The van der Waals surface area contributed by atoms with Crippen molar-refractivity contribution in [2.24, 2.45) is 0 Å². The Morgan fingerprint density at radius 2 is 1.61 bits per heavy atom. The van der Waals surface area contributed by atoms with Gasteiger partial charge >= 0.3 is 0 Å². The van der Waals surface area contributed by atoms with Crippen LogP contribution < -0.4 is 10.1 Å². The van der Waals surface area contributed by atoms with E-state index in [1.165, 1.54) is 11.1 Å². The first-order valence-electron chi connectivity index (χ1n) is 10.2. The van der Waals surface area contributed by atoms with E-state index in [1.54, 1.807) is 30.5 Å². The molecule has 0 aliphatic rings. The molecular weight excluding hydrogens is 390 g/mol. The van der Waals surface area contributed by atoms with E-state index >= 15 is 0 Å². The van der Waals surface area contributed by atoms with Crippen LogP contribution in [0, 0.1) is 0 Å². The summed E-state index contributed by atoms with van der Waals surface area (Å²) in [6, 6.07) is 25.5. The SMILES string of the molecule is CC(C)(c1ccccc1)c1ccc(OCc2ccc(C(=O)NCc3ccco3)o2)cc1. The van der Waals surface area contributed by atoms with E-state index in [1.807, 2.05) is 18.2 Å². The minimum absolute atomic E-state index is 0.0985. The average molecular weight is 415 g/mol. The van der Waals surface area contributed by atoms with Crippen molar-refractivity contribution < 1.29 is 18.4 Å². The van der Waals surface area contributed by atoms with Crippen molar-refractivity contribution in [3.63, 3.8) is 0 Å². The minimum Gasteiger partial charge on any atom is -0.486 e. The molecule has 31 heavy (non-hydrogen) atoms. The van der Waals surface area contributed by atoms with E-state index in [2.05, 4.69) is 55.6 Å². The largest absolute Gasteiger partial charge is 0.486 e. The molecule has 0 atom stereocenters. The van der Waals surface area contributed by atoms with Gasteiger partial charge in [0.1, 0.15) is 23.9 Å². The standard InChI is InChI=1S/C26H25NO4/c1-26(2,19-7-4-3-5-8-19)20-10-12-21(13-11-20)30-18-23-14-15-24(31-23)25(28)27-17-22-9-6-16-29-22/h3-16H,17-18H2,1-2H3,(H,27,28). The maximum absolute atomic E-state index is 12.2. The van der Waals surface area contributed by atoms with Gasteiger partial charge in [-0.3, -0.25) is 4.79 Å². The molecule has 0 spiro atoms. The maximum atomic E-state index is 12.2. The van der Waals surface area contributed by atoms with Crippen molar-refractivity contribution in [3.8, 4) is 5.75 Å². The summed E-state index contributed by atoms with van der Waals surface area (Å²) in [5.41, 5.74) is 2.37. The topological polar surface area (TPSA) is 64.6 Å². The lowest BCUT2D eigenvalue weighted by Gasteiger charge is -2.26. The van der Waals surface area contributed by atoms with Crippen LogP contribution >= 0.6 is 0 Å². The molecule has 2 aromatic carbocycles. The predicted molar refractivity (Wildman–Crippen MR) is 118 cm³/mol. The third-order valence-corrected chi connectivity index (χ3v) is 5.34. The number of hydrogen-bond donors (Lipinski definition) is 1. The number of carbonyl (C=O) groups excluding carboxylic acids is 1. The monoisotopic (exact) mass is 415 g/mol. The Bertz CT molecular complexity index is 1110. The van der Waals surface area contributed by atoms with Gasteiger partial charge in [-0.15, -0.1) is 0 Å². The number of ether oxygens (including phenoxy) is 1. The second-order valence-corrected chi connectivity index (χ2v) is 7.83. The highest BCUT2D eigenvalue weighted by Crippen LogP contribution is 2.32. The smallest absolute Gasteiger partial charge is 0.287 e. The van der Waals surface area contributed by atoms with Crippen LogP contribution in [0.5, 0.6) is 5.75 Å². The number of nitrogens with one attached hydrogen (secondary N) is 1. The molecule has 2 heterocycles. The summed E-state index contributed by atoms with van der Waals surface area (Å²) in [5.74, 6) is 1.95. The number of benzene rings is 2. The molecule has 0 saturated heterocycles. The van der Waals surface area contributed by atoms with Crippen molar-refractivity contribution in [2.45, 2.75) is 32.4 Å². The number of rotatable bonds is 8. The highest BCUT2D eigenvalue weighted by molar-refractivity contribution is 5.91. The van der Waals surface area contributed by atoms with Crippen LogP contribution in [0.4, 0.5) is 0 Å². The molecule has 0 radical (unpaired) electrons. The van der Waals surface area contributed by atoms with Crippen molar-refractivity contribution >= 4 is 5.91 Å². The van der Waals surface area contributed by atoms with Gasteiger partial charge in [-0.25, -0.2) is 0 Å². The lowest BCUT2D eigenvalue weighted by Crippen LogP contribution is -2.21. The molecule has 0 bridgehead atoms. The molecule has 2 aromatic heterocycles. The molecule has 1 amide bonds. The summed E-state index contributed by atoms with van der Waals surface area (Å²) in [5, 5.41) is 2.76. The fraction of sp³-hybridized carbons (Fsp3) is 0.192. The molecule has 4 aromatic rings. The van der Waals surface area contributed by atoms with E-state index < -0.39 is 0 Å². The average Bonchev–Trinajstić information content (AvgIpc) is 3.49. The first kappa shape index (κ1) is 20.5. The van der Waals surface area contributed by atoms with Crippen molar-refractivity contribution in [1.82, 2.24) is 5.32 Å². The summed E-state index contributed by atoms with van der Waals surface area (Å²) >= 11 is 0. The van der Waals surface area contributed by atoms with E-state index in [4.69, 9.17) is 13.6 Å². The second kappa shape index (κ2) is 8.96. The lowest BCUT2D eigenvalue weighted by atomic mass is 9.78. The van der Waals surface area contributed by atoms with Crippen molar-refractivity contribution in [2.75, 3.05) is 0 Å². The third kappa shape index (κ3) is 4.89. The normalized spacial score (nSPS) is 11.3. The van der Waals surface area contributed by atoms with Gasteiger partial charge in [0.15, 0.2) is 5.76 Å². The summed E-state index contributed by atoms with van der Waals surface area (Å²) in [6.07, 6.45) is 1.57. The summed E-state index contributed by atoms with van der Waals surface area (Å²) in [7, 11) is 0. The van der Waals surface area contributed by atoms with Crippen LogP contribution in [-0.2, 0) is 18.6 Å². The Balaban J connectivity index is 1.33. The zero-order valence-electron chi connectivity index (χ0n) is 17.6. The van der Waals surface area contributed by atoms with Crippen LogP contribution in [-0.4, -0.2) is 5.91 Å². The fourth-order valence-electron chi connectivity index (χ4n) is 3.39. The predicted octanol–water partition coefficient (Wildman–Crippen LogP) is 5.71. The lowest BCUT2D eigenvalue weighted by molar-refractivity contribution is 0.0916. The van der Waals surface area contributed by atoms with Gasteiger partial charge in [0.2, 0.25) is 0 Å². The maximum Gasteiger partial charge on any atom is 0.287 e. The van der Waals surface area contributed by atoms with Crippen LogP contribution in [0.2, 0.25) is 0 Å². The molecular formula is C26H25NO4. The molecule has 4 rings (SSSR count). The van der Waals surface area contributed by atoms with Gasteiger partial charge in [0.25, 0.3) is 5.91 Å². The van der Waals surface area contributed by atoms with Crippen molar-refractivity contribution in [3.05, 3.63) is 114 Å². The van der Waals surface area contributed by atoms with Crippen LogP contribution in [0.3, 0.4) is 0 Å². The summed E-state index contributed by atoms with van der Waals surface area (Å²) < 4.78 is 16.6. The molecule has 5 nitrogen and oxygen atoms in total. The molecule has 0 fully saturated rings. The Labute approximate surface area is 181 Å². The summed E-state index contributed by atoms with van der Waals surface area (Å²) in [6.45, 7) is 4.97. The number of hydrogen-bond acceptors (Lipinski definition) is 4. The zero-order valence-corrected chi connectivity index (χ0v) is 17.6. The summed E-state index contributed by atoms with van der Waals surface area (Å²) in [4.78, 5) is 12.2. The van der Waals surface area contributed by atoms with E-state index in [9.17, 15) is 4.79 Å². The number of furan rings is 2. The van der Waals surface area contributed by atoms with Crippen molar-refractivity contribution in [1.29, 1.82) is 0 Å². The number of amides is 1. The first-order valence-corrected chi connectivity index (χ1v) is 10.2. The highest BCUT2D eigenvalue weighted by Gasteiger charge is 2.22. The molecule has 0 aliphatic carbocycles. The number of carbonyl (C=O) groups is 1. The molecule has 1 N–H and O–H groups in total. The van der Waals surface area contributed by atoms with Crippen LogP contribution in [0.15, 0.2) is 94.0 Å². The van der Waals surface area contributed by atoms with Gasteiger partial charge < -0.3 is 18.9 Å². The van der Waals surface area contributed by atoms with Gasteiger partial charge in [-0.05, 0) is 47.5 Å². The zero-order chi connectivity index (χ0) is 21.7. The van der Waals surface area contributed by atoms with Gasteiger partial charge in [-0.1, -0.05) is 56.3 Å². The Hall–Kier alpha value is -3.73. The molecule has 0 unspecified atom stereocenters. The Morgan fingerprint density at radius 1 is 0.871 bits per heavy atom. The second-order valence-electron chi connectivity index (χ2n) is 7.83. The van der Waals surface area contributed by atoms with Gasteiger partial charge in [0.05, 0.1) is 12.8 Å². The molecule has 158 valence electrons. The van der Waals surface area contributed by atoms with Crippen LogP contribution in [0.1, 0.15) is 47.0 Å². The minimum atomic E-state index is -0.296. The highest BCUT2D eigenvalue weighted by atomic mass is 16.5. The molecule has 0 aliphatic heterocycles. The Morgan fingerprint density at radius 3 is 2.32 bits per heavy atom. The first-order chi connectivity index (χ1) is 15.0. The van der Waals surface area contributed by atoms with E-state index in [0.29, 0.717) is 18.1 Å². The molecule has 0 saturated carbocycles. The quantitative estimate of drug-likeness (QED) is 0.400. The molecule has 5 heteroatoms. The van der Waals surface area contributed by atoms with Gasteiger partial charge in [-0.2, -0.15) is 0 Å². The fourth-order valence-corrected chi connectivity index (χ4v) is 3.39. The van der Waals surface area contributed by atoms with E-state index in [-0.39, 0.29) is 23.7 Å².